The lowest BCUT2D eigenvalue weighted by molar-refractivity contribution is 0.0508. The van der Waals surface area contributed by atoms with Crippen LogP contribution in [0, 0.1) is 5.92 Å². The summed E-state index contributed by atoms with van der Waals surface area (Å²) in [6.45, 7) is 5.41. The molecule has 0 saturated heterocycles. The number of aryl methyl sites for hydroxylation is 1. The molecule has 20 heavy (non-hydrogen) atoms. The van der Waals surface area contributed by atoms with Gasteiger partial charge < -0.3 is 10.1 Å². The van der Waals surface area contributed by atoms with Crippen molar-refractivity contribution in [3.05, 3.63) is 29.6 Å². The van der Waals surface area contributed by atoms with Crippen LogP contribution in [0.5, 0.6) is 0 Å². The number of pyridine rings is 1. The zero-order chi connectivity index (χ0) is 14.4. The summed E-state index contributed by atoms with van der Waals surface area (Å²) in [6.07, 6.45) is 8.11. The SMILES string of the molecule is CCCNC(Cc1ccc(CC)cn1)C(OC)C1CC1. The maximum atomic E-state index is 5.76. The highest BCUT2D eigenvalue weighted by Crippen LogP contribution is 2.36. The van der Waals surface area contributed by atoms with Crippen LogP contribution in [0.1, 0.15) is 44.4 Å². The predicted molar refractivity (Wildman–Crippen MR) is 82.9 cm³/mol. The molecule has 2 unspecified atom stereocenters. The number of hydrogen-bond donors (Lipinski definition) is 1. The molecule has 0 bridgehead atoms. The molecule has 1 aliphatic rings. The Hall–Kier alpha value is -0.930. The molecule has 0 aromatic carbocycles. The molecule has 0 spiro atoms. The molecule has 1 N–H and O–H groups in total. The van der Waals surface area contributed by atoms with E-state index >= 15 is 0 Å². The van der Waals surface area contributed by atoms with E-state index in [-0.39, 0.29) is 0 Å². The third-order valence-corrected chi connectivity index (χ3v) is 4.14. The van der Waals surface area contributed by atoms with Gasteiger partial charge in [0.05, 0.1) is 6.10 Å². The summed E-state index contributed by atoms with van der Waals surface area (Å²) in [5, 5.41) is 3.65. The standard InChI is InChI=1S/C17H28N2O/c1-4-10-18-16(17(20-3)14-7-8-14)11-15-9-6-13(5-2)12-19-15/h6,9,12,14,16-18H,4-5,7-8,10-11H2,1-3H3. The van der Waals surface area contributed by atoms with Crippen molar-refractivity contribution in [3.63, 3.8) is 0 Å². The van der Waals surface area contributed by atoms with Gasteiger partial charge in [0.2, 0.25) is 0 Å². The molecule has 0 amide bonds. The van der Waals surface area contributed by atoms with Gasteiger partial charge in [0.15, 0.2) is 0 Å². The van der Waals surface area contributed by atoms with Crippen molar-refractivity contribution >= 4 is 0 Å². The zero-order valence-electron chi connectivity index (χ0n) is 13.1. The Kier molecular flexibility index (Phi) is 5.99. The Morgan fingerprint density at radius 3 is 2.65 bits per heavy atom. The van der Waals surface area contributed by atoms with Crippen LogP contribution in [0.25, 0.3) is 0 Å². The van der Waals surface area contributed by atoms with Gasteiger partial charge in [0.25, 0.3) is 0 Å². The van der Waals surface area contributed by atoms with E-state index in [1.54, 1.807) is 0 Å². The molecule has 0 radical (unpaired) electrons. The van der Waals surface area contributed by atoms with Crippen LogP contribution >= 0.6 is 0 Å². The van der Waals surface area contributed by atoms with Crippen molar-refractivity contribution in [1.29, 1.82) is 0 Å². The first-order valence-electron chi connectivity index (χ1n) is 7.98. The number of rotatable bonds is 9. The van der Waals surface area contributed by atoms with E-state index in [4.69, 9.17) is 4.74 Å². The summed E-state index contributed by atoms with van der Waals surface area (Å²) in [7, 11) is 1.84. The molecular weight excluding hydrogens is 248 g/mol. The Bertz CT molecular complexity index is 386. The van der Waals surface area contributed by atoms with Crippen molar-refractivity contribution in [2.75, 3.05) is 13.7 Å². The third kappa shape index (κ3) is 4.29. The average Bonchev–Trinajstić information content (AvgIpc) is 3.31. The van der Waals surface area contributed by atoms with Crippen molar-refractivity contribution < 1.29 is 4.74 Å². The number of nitrogens with one attached hydrogen (secondary N) is 1. The zero-order valence-corrected chi connectivity index (χ0v) is 13.1. The molecule has 0 aliphatic heterocycles. The van der Waals surface area contributed by atoms with E-state index in [1.165, 1.54) is 24.1 Å². The minimum Gasteiger partial charge on any atom is -0.380 e. The fourth-order valence-corrected chi connectivity index (χ4v) is 2.75. The number of methoxy groups -OCH3 is 1. The quantitative estimate of drug-likeness (QED) is 0.753. The molecule has 112 valence electrons. The van der Waals surface area contributed by atoms with Gasteiger partial charge >= 0.3 is 0 Å². The van der Waals surface area contributed by atoms with Crippen LogP contribution in [-0.2, 0) is 17.6 Å². The minimum absolute atomic E-state index is 0.328. The molecule has 2 rings (SSSR count). The van der Waals surface area contributed by atoms with Gasteiger partial charge in [-0.1, -0.05) is 19.9 Å². The van der Waals surface area contributed by atoms with E-state index in [0.717, 1.165) is 31.7 Å². The molecule has 3 nitrogen and oxygen atoms in total. The van der Waals surface area contributed by atoms with Crippen molar-refractivity contribution in [2.24, 2.45) is 5.92 Å². The van der Waals surface area contributed by atoms with Crippen molar-refractivity contribution in [1.82, 2.24) is 10.3 Å². The lowest BCUT2D eigenvalue weighted by atomic mass is 10.00. The summed E-state index contributed by atoms with van der Waals surface area (Å²) in [5.41, 5.74) is 2.47. The van der Waals surface area contributed by atoms with Crippen LogP contribution in [0.3, 0.4) is 0 Å². The molecule has 3 heteroatoms. The molecule has 1 saturated carbocycles. The van der Waals surface area contributed by atoms with E-state index in [9.17, 15) is 0 Å². The van der Waals surface area contributed by atoms with Crippen molar-refractivity contribution in [3.8, 4) is 0 Å². The monoisotopic (exact) mass is 276 g/mol. The molecule has 1 aliphatic carbocycles. The largest absolute Gasteiger partial charge is 0.380 e. The smallest absolute Gasteiger partial charge is 0.0756 e. The van der Waals surface area contributed by atoms with Gasteiger partial charge in [0, 0.05) is 31.5 Å². The number of hydrogen-bond acceptors (Lipinski definition) is 3. The highest BCUT2D eigenvalue weighted by Gasteiger charge is 2.36. The molecular formula is C17H28N2O. The van der Waals surface area contributed by atoms with Crippen LogP contribution in [0.15, 0.2) is 18.3 Å². The van der Waals surface area contributed by atoms with E-state index in [1.807, 2.05) is 13.3 Å². The fraction of sp³-hybridized carbons (Fsp3) is 0.706. The summed E-state index contributed by atoms with van der Waals surface area (Å²) < 4.78 is 5.76. The molecule has 2 atom stereocenters. The van der Waals surface area contributed by atoms with Gasteiger partial charge in [-0.2, -0.15) is 0 Å². The lowest BCUT2D eigenvalue weighted by Crippen LogP contribution is -2.44. The Morgan fingerprint density at radius 2 is 2.15 bits per heavy atom. The van der Waals surface area contributed by atoms with Gasteiger partial charge in [-0.25, -0.2) is 0 Å². The first kappa shape index (κ1) is 15.5. The summed E-state index contributed by atoms with van der Waals surface area (Å²) in [6, 6.07) is 4.74. The van der Waals surface area contributed by atoms with Crippen molar-refractivity contribution in [2.45, 2.75) is 58.1 Å². The van der Waals surface area contributed by atoms with Crippen LogP contribution in [0.2, 0.25) is 0 Å². The molecule has 1 heterocycles. The highest BCUT2D eigenvalue weighted by atomic mass is 16.5. The van der Waals surface area contributed by atoms with Crippen LogP contribution in [0.4, 0.5) is 0 Å². The average molecular weight is 276 g/mol. The van der Waals surface area contributed by atoms with Gasteiger partial charge in [-0.15, -0.1) is 0 Å². The van der Waals surface area contributed by atoms with Gasteiger partial charge in [-0.3, -0.25) is 4.98 Å². The predicted octanol–water partition coefficient (Wildman–Crippen LogP) is 2.98. The van der Waals surface area contributed by atoms with Gasteiger partial charge in [0.1, 0.15) is 0 Å². The van der Waals surface area contributed by atoms with E-state index < -0.39 is 0 Å². The fourth-order valence-electron chi connectivity index (χ4n) is 2.75. The summed E-state index contributed by atoms with van der Waals surface area (Å²) in [5.74, 6) is 0.740. The first-order valence-corrected chi connectivity index (χ1v) is 7.98. The Balaban J connectivity index is 2.01. The van der Waals surface area contributed by atoms with Crippen LogP contribution < -0.4 is 5.32 Å². The van der Waals surface area contributed by atoms with Gasteiger partial charge in [-0.05, 0) is 49.8 Å². The highest BCUT2D eigenvalue weighted by molar-refractivity contribution is 5.15. The van der Waals surface area contributed by atoms with E-state index in [0.29, 0.717) is 12.1 Å². The molecule has 1 fully saturated rings. The normalized spacial score (nSPS) is 17.9. The third-order valence-electron chi connectivity index (χ3n) is 4.14. The topological polar surface area (TPSA) is 34.2 Å². The summed E-state index contributed by atoms with van der Waals surface area (Å²) >= 11 is 0. The first-order chi connectivity index (χ1) is 9.78. The lowest BCUT2D eigenvalue weighted by Gasteiger charge is -2.27. The molecule has 1 aromatic rings. The maximum absolute atomic E-state index is 5.76. The van der Waals surface area contributed by atoms with Crippen LogP contribution in [-0.4, -0.2) is 30.8 Å². The minimum atomic E-state index is 0.328. The Labute approximate surface area is 123 Å². The summed E-state index contributed by atoms with van der Waals surface area (Å²) in [4.78, 5) is 4.60. The second-order valence-corrected chi connectivity index (χ2v) is 5.81. The Morgan fingerprint density at radius 1 is 1.35 bits per heavy atom. The second kappa shape index (κ2) is 7.75. The second-order valence-electron chi connectivity index (χ2n) is 5.81. The number of ether oxygens (including phenoxy) is 1. The molecule has 1 aromatic heterocycles. The number of nitrogens with zero attached hydrogens (tertiary/aromatic N) is 1. The number of aromatic nitrogens is 1. The maximum Gasteiger partial charge on any atom is 0.0756 e. The van der Waals surface area contributed by atoms with E-state index in [2.05, 4.69) is 36.3 Å².